The Hall–Kier alpha value is -5.62. The van der Waals surface area contributed by atoms with E-state index in [0.717, 1.165) is 62.9 Å². The normalized spacial score (nSPS) is 22.7. The van der Waals surface area contributed by atoms with Gasteiger partial charge >= 0.3 is 15.6 Å². The second-order valence-corrected chi connectivity index (χ2v) is 27.1. The number of nitrogen functional groups attached to an aromatic ring is 1. The van der Waals surface area contributed by atoms with Crippen molar-refractivity contribution in [1.29, 1.82) is 0 Å². The molecule has 0 saturated carbocycles. The molecule has 1 fully saturated rings. The number of hydrogen-bond acceptors (Lipinski definition) is 15. The Labute approximate surface area is 469 Å². The molecular weight excluding hydrogens is 1100 g/mol. The van der Waals surface area contributed by atoms with Crippen molar-refractivity contribution in [2.24, 2.45) is 0 Å². The first-order valence-corrected chi connectivity index (χ1v) is 31.8. The third-order valence-corrected chi connectivity index (χ3v) is 20.2. The summed E-state index contributed by atoms with van der Waals surface area (Å²) >= 11 is 0. The summed E-state index contributed by atoms with van der Waals surface area (Å²) in [6, 6.07) is 15.4. The lowest BCUT2D eigenvalue weighted by Crippen LogP contribution is -2.50. The number of aliphatic hydroxyl groups excluding tert-OH is 1. The number of nitrogens with two attached hydrogens (primary N) is 1. The summed E-state index contributed by atoms with van der Waals surface area (Å²) in [5.41, 5.74) is 18.5. The van der Waals surface area contributed by atoms with Gasteiger partial charge in [-0.25, -0.2) is 28.0 Å². The minimum absolute atomic E-state index is 0.00773. The summed E-state index contributed by atoms with van der Waals surface area (Å²) in [6.07, 6.45) is 4.79. The molecule has 6 heterocycles. The molecule has 7 N–H and O–H groups in total. The van der Waals surface area contributed by atoms with Crippen molar-refractivity contribution in [2.45, 2.75) is 128 Å². The Balaban J connectivity index is 0.839. The molecule has 4 aliphatic heterocycles. The van der Waals surface area contributed by atoms with Crippen molar-refractivity contribution in [3.63, 3.8) is 0 Å². The predicted octanol–water partition coefficient (Wildman–Crippen LogP) is 4.78. The second kappa shape index (κ2) is 22.2. The zero-order valence-electron chi connectivity index (χ0n) is 46.4. The van der Waals surface area contributed by atoms with E-state index in [1.54, 1.807) is 18.1 Å². The molecule has 1 aliphatic carbocycles. The number of fused-ring (bicyclic) bond motifs is 5. The number of hydrogen-bond donors (Lipinski definition) is 6. The number of phosphoric ester groups is 1. The zero-order valence-corrected chi connectivity index (χ0v) is 49.1. The molecule has 10 rings (SSSR count). The van der Waals surface area contributed by atoms with Gasteiger partial charge in [-0.1, -0.05) is 50.8 Å². The van der Waals surface area contributed by atoms with Crippen LogP contribution in [0.15, 0.2) is 55.0 Å². The van der Waals surface area contributed by atoms with E-state index in [1.165, 1.54) is 60.5 Å². The maximum atomic E-state index is 14.9. The van der Waals surface area contributed by atoms with Gasteiger partial charge in [-0.15, -0.1) is 0 Å². The summed E-state index contributed by atoms with van der Waals surface area (Å²) in [4.78, 5) is 79.6. The van der Waals surface area contributed by atoms with E-state index in [-0.39, 0.29) is 53.6 Å². The van der Waals surface area contributed by atoms with E-state index in [4.69, 9.17) is 15.4 Å². The van der Waals surface area contributed by atoms with Crippen LogP contribution >= 0.6 is 23.5 Å². The fourth-order valence-corrected chi connectivity index (χ4v) is 16.2. The van der Waals surface area contributed by atoms with Crippen LogP contribution in [0.1, 0.15) is 147 Å². The molecule has 0 radical (unpaired) electrons. The Bertz CT molecular complexity index is 3730. The number of rotatable bonds is 16. The number of anilines is 2. The van der Waals surface area contributed by atoms with Gasteiger partial charge in [0.25, 0.3) is 13.7 Å². The van der Waals surface area contributed by atoms with Gasteiger partial charge in [0.15, 0.2) is 0 Å². The highest BCUT2D eigenvalue weighted by Gasteiger charge is 2.45. The highest BCUT2D eigenvalue weighted by molar-refractivity contribution is 7.66. The number of aliphatic hydroxyl groups is 1. The predicted molar refractivity (Wildman–Crippen MR) is 300 cm³/mol. The lowest BCUT2D eigenvalue weighted by molar-refractivity contribution is -0.212. The topological polar surface area (TPSA) is 304 Å². The van der Waals surface area contributed by atoms with Gasteiger partial charge in [-0.3, -0.25) is 18.7 Å². The number of nitrogens with one attached hydrogen (secondary N) is 1. The van der Waals surface area contributed by atoms with Crippen molar-refractivity contribution in [3.05, 3.63) is 116 Å². The van der Waals surface area contributed by atoms with E-state index in [0.29, 0.717) is 35.4 Å². The smallest absolute Gasteiger partial charge is 0.487 e. The van der Waals surface area contributed by atoms with Crippen LogP contribution in [0.4, 0.5) is 11.5 Å². The van der Waals surface area contributed by atoms with Crippen LogP contribution in [0.5, 0.6) is 0 Å². The minimum Gasteiger partial charge on any atom is -0.756 e. The maximum Gasteiger partial charge on any atom is 0.487 e. The van der Waals surface area contributed by atoms with Crippen molar-refractivity contribution in [2.75, 3.05) is 57.0 Å². The molecule has 22 nitrogen and oxygen atoms in total. The van der Waals surface area contributed by atoms with E-state index >= 15 is 0 Å². The zero-order chi connectivity index (χ0) is 58.1. The number of aromatic nitrogens is 3. The number of nitrogens with zero attached hydrogens (tertiary/aromatic N) is 6. The van der Waals surface area contributed by atoms with Gasteiger partial charge in [0.05, 0.1) is 30.2 Å². The number of ether oxygens (including phenoxy) is 1. The quantitative estimate of drug-likeness (QED) is 0.0440. The highest BCUT2D eigenvalue weighted by atomic mass is 31.3. The molecular formula is C56H69N8O14P3. The van der Waals surface area contributed by atoms with Gasteiger partial charge in [0.1, 0.15) is 43.2 Å². The highest BCUT2D eigenvalue weighted by Crippen LogP contribution is 2.65. The number of phosphoric acid groups is 3. The summed E-state index contributed by atoms with van der Waals surface area (Å²) in [5, 5.41) is 16.6. The van der Waals surface area contributed by atoms with Gasteiger partial charge in [0, 0.05) is 85.3 Å². The number of carbonyl (C=O) groups is 2. The van der Waals surface area contributed by atoms with Crippen LogP contribution in [-0.4, -0.2) is 115 Å². The Morgan fingerprint density at radius 2 is 1.77 bits per heavy atom. The average molecular weight is 1170 g/mol. The first kappa shape index (κ1) is 58.6. The third kappa shape index (κ3) is 11.6. The molecule has 5 aliphatic rings. The standard InChI is InChI=1S/C56H69N8O14P3/c1-8-64-43-27-42-40(26-39(43)33(2)29-55(64,3)4)49(41-25-34-16-12-23-62-24-13-19-38(51(34)62)50(41)56(42,5)6)36-17-9-10-18-37(36)54(67)61(7)22-14-20-46(66)58-21-11-15-35-30-63(53-48(35)52(57)59-32-60-53)47-28-44(65)45(76-47)31-75-80(71,72)78-81(73,74)77-79(68,69)70/h9-10,17-18,25-27,30,32-33,44-45,47,65H,8,12-14,16,19-24,28-29,31H2,1-7H3,(H6-,57,58,59,60,66,68,69,70,71,72,73,74)/t33?,44-,45+,47+/m0/s1. The summed E-state index contributed by atoms with van der Waals surface area (Å²) < 4.78 is 56.9. The lowest BCUT2D eigenvalue weighted by Gasteiger charge is -2.48. The monoisotopic (exact) mass is 1170 g/mol. The molecule has 1 saturated heterocycles. The molecule has 0 spiro atoms. The molecule has 81 heavy (non-hydrogen) atoms. The molecule has 2 amide bonds. The molecule has 2 aromatic heterocycles. The molecule has 25 heteroatoms. The van der Waals surface area contributed by atoms with E-state index in [9.17, 15) is 43.1 Å². The SMILES string of the molecule is CCN1c2cc3c(cc2C(C)CC1(C)C)C(c1ccccc1C(=O)N(C)CCCC(=O)NCC#Cc1cn([C@H]2C[C@H](O)[C@@H](COP(=O)(O)OP(=O)(O)OP(=O)([O-])O)O2)c2ncnc(N)c12)=c1cc2c4c(c1C3(C)C)CCC[N+]=4CCC2. The van der Waals surface area contributed by atoms with Gasteiger partial charge in [-0.2, -0.15) is 4.31 Å². The molecule has 3 aromatic carbocycles. The van der Waals surface area contributed by atoms with Crippen LogP contribution in [0.25, 0.3) is 16.6 Å². The van der Waals surface area contributed by atoms with Crippen molar-refractivity contribution in [3.8, 4) is 11.8 Å². The molecule has 4 unspecified atom stereocenters. The summed E-state index contributed by atoms with van der Waals surface area (Å²) in [6.45, 7) is 16.5. The van der Waals surface area contributed by atoms with Crippen molar-refractivity contribution < 1.29 is 65.8 Å². The van der Waals surface area contributed by atoms with E-state index in [1.807, 2.05) is 18.2 Å². The lowest BCUT2D eigenvalue weighted by atomic mass is 9.64. The Morgan fingerprint density at radius 1 is 1.02 bits per heavy atom. The van der Waals surface area contributed by atoms with Gasteiger partial charge in [-0.05, 0) is 115 Å². The number of amides is 2. The van der Waals surface area contributed by atoms with Crippen molar-refractivity contribution in [1.82, 2.24) is 29.3 Å². The average Bonchev–Trinajstić information content (AvgIpc) is 4.16. The van der Waals surface area contributed by atoms with E-state index < -0.39 is 48.5 Å². The van der Waals surface area contributed by atoms with Crippen LogP contribution in [0.2, 0.25) is 0 Å². The largest absolute Gasteiger partial charge is 0.756 e. The molecule has 432 valence electrons. The van der Waals surface area contributed by atoms with Crippen LogP contribution in [0.3, 0.4) is 0 Å². The fraction of sp³-hybridized carbons (Fsp3) is 0.482. The maximum absolute atomic E-state index is 14.9. The van der Waals surface area contributed by atoms with Crippen LogP contribution in [0, 0.1) is 11.8 Å². The molecule has 0 bridgehead atoms. The van der Waals surface area contributed by atoms with Gasteiger partial charge in [0.2, 0.25) is 11.3 Å². The third-order valence-electron chi connectivity index (χ3n) is 16.4. The van der Waals surface area contributed by atoms with E-state index in [2.05, 4.69) is 116 Å². The molecule has 5 aromatic rings. The number of aryl methyl sites for hydroxylation is 1. The Kier molecular flexibility index (Phi) is 16.0. The minimum atomic E-state index is -5.85. The van der Waals surface area contributed by atoms with Gasteiger partial charge < -0.3 is 54.8 Å². The fourth-order valence-electron chi connectivity index (χ4n) is 13.2. The number of carbonyl (C=O) groups excluding carboxylic acids is 2. The molecule has 7 atom stereocenters. The number of benzene rings is 3. The first-order valence-electron chi connectivity index (χ1n) is 27.3. The Morgan fingerprint density at radius 3 is 2.51 bits per heavy atom. The summed E-state index contributed by atoms with van der Waals surface area (Å²) in [7, 11) is -15.4. The van der Waals surface area contributed by atoms with Crippen LogP contribution < -0.4 is 36.0 Å². The summed E-state index contributed by atoms with van der Waals surface area (Å²) in [5.74, 6) is 5.91. The van der Waals surface area contributed by atoms with Crippen molar-refractivity contribution >= 4 is 63.4 Å². The van der Waals surface area contributed by atoms with Crippen LogP contribution in [-0.2, 0) is 54.6 Å². The first-order chi connectivity index (χ1) is 38.2. The second-order valence-electron chi connectivity index (χ2n) is 22.8.